The van der Waals surface area contributed by atoms with Gasteiger partial charge in [-0.2, -0.15) is 0 Å². The van der Waals surface area contributed by atoms with Gasteiger partial charge in [0.05, 0.1) is 0 Å². The third-order valence-corrected chi connectivity index (χ3v) is 6.00. The molecule has 0 atom stereocenters. The first-order chi connectivity index (χ1) is 9.68. The molecule has 2 N–H and O–H groups in total. The number of nitrogens with two attached hydrogens (primary N) is 1. The summed E-state index contributed by atoms with van der Waals surface area (Å²) >= 11 is 0. The molecule has 0 unspecified atom stereocenters. The van der Waals surface area contributed by atoms with Crippen molar-refractivity contribution in [3.05, 3.63) is 34.2 Å². The topological polar surface area (TPSA) is 48.0 Å². The van der Waals surface area contributed by atoms with Crippen molar-refractivity contribution in [1.29, 1.82) is 0 Å². The maximum atomic E-state index is 11.9. The highest BCUT2D eigenvalue weighted by Gasteiger charge is 2.51. The molecule has 0 radical (unpaired) electrons. The van der Waals surface area contributed by atoms with E-state index in [1.54, 1.807) is 6.07 Å². The van der Waals surface area contributed by atoms with Crippen LogP contribution in [0.2, 0.25) is 0 Å². The van der Waals surface area contributed by atoms with Crippen LogP contribution in [0, 0.1) is 17.8 Å². The van der Waals surface area contributed by atoms with Crippen LogP contribution >= 0.6 is 0 Å². The highest BCUT2D eigenvalue weighted by molar-refractivity contribution is 5.27. The Kier molecular flexibility index (Phi) is 2.81. The minimum Gasteiger partial charge on any atom is -0.329 e. The van der Waals surface area contributed by atoms with E-state index in [0.29, 0.717) is 18.5 Å². The fourth-order valence-electron chi connectivity index (χ4n) is 5.62. The second kappa shape index (κ2) is 4.45. The number of hydrogen-bond acceptors (Lipinski definition) is 2. The summed E-state index contributed by atoms with van der Waals surface area (Å²) in [5.41, 5.74) is 7.49. The standard InChI is InChI=1S/C17H24N2O/c18-3-4-19-11-15(1-2-16(19)20)17-8-12-5-13(9-17)7-14(6-12)10-17/h1-2,11-14H,3-10,18H2. The molecule has 0 aromatic carbocycles. The molecule has 0 spiro atoms. The molecule has 0 amide bonds. The molecule has 20 heavy (non-hydrogen) atoms. The van der Waals surface area contributed by atoms with E-state index >= 15 is 0 Å². The van der Waals surface area contributed by atoms with Crippen molar-refractivity contribution >= 4 is 0 Å². The van der Waals surface area contributed by atoms with Gasteiger partial charge in [-0.25, -0.2) is 0 Å². The lowest BCUT2D eigenvalue weighted by Crippen LogP contribution is -2.48. The highest BCUT2D eigenvalue weighted by atomic mass is 16.1. The van der Waals surface area contributed by atoms with Gasteiger partial charge in [-0.1, -0.05) is 6.07 Å². The predicted octanol–water partition coefficient (Wildman–Crippen LogP) is 2.27. The second-order valence-corrected chi connectivity index (χ2v) is 7.44. The molecule has 3 heteroatoms. The van der Waals surface area contributed by atoms with E-state index in [4.69, 9.17) is 5.73 Å². The van der Waals surface area contributed by atoms with Crippen molar-refractivity contribution < 1.29 is 0 Å². The van der Waals surface area contributed by atoms with Crippen LogP contribution in [0.5, 0.6) is 0 Å². The Labute approximate surface area is 120 Å². The van der Waals surface area contributed by atoms with Crippen LogP contribution in [0.15, 0.2) is 23.1 Å². The van der Waals surface area contributed by atoms with Crippen molar-refractivity contribution in [3.8, 4) is 0 Å². The molecule has 4 fully saturated rings. The van der Waals surface area contributed by atoms with Gasteiger partial charge in [0.1, 0.15) is 0 Å². The number of pyridine rings is 1. The molecule has 1 aromatic heterocycles. The molecule has 1 aromatic rings. The van der Waals surface area contributed by atoms with E-state index in [1.165, 1.54) is 44.1 Å². The van der Waals surface area contributed by atoms with Crippen molar-refractivity contribution in [2.75, 3.05) is 6.54 Å². The molecule has 5 rings (SSSR count). The summed E-state index contributed by atoms with van der Waals surface area (Å²) in [5, 5.41) is 0. The highest BCUT2D eigenvalue weighted by Crippen LogP contribution is 2.60. The van der Waals surface area contributed by atoms with E-state index in [-0.39, 0.29) is 5.56 Å². The molecule has 0 aliphatic heterocycles. The maximum Gasteiger partial charge on any atom is 0.250 e. The molecular formula is C17H24N2O. The Morgan fingerprint density at radius 3 is 2.25 bits per heavy atom. The Bertz CT molecular complexity index is 539. The smallest absolute Gasteiger partial charge is 0.250 e. The van der Waals surface area contributed by atoms with Crippen LogP contribution in [0.25, 0.3) is 0 Å². The van der Waals surface area contributed by atoms with Crippen LogP contribution < -0.4 is 11.3 Å². The average molecular weight is 272 g/mol. The molecule has 3 nitrogen and oxygen atoms in total. The summed E-state index contributed by atoms with van der Waals surface area (Å²) in [5.74, 6) is 2.82. The van der Waals surface area contributed by atoms with Crippen LogP contribution in [0.1, 0.15) is 44.1 Å². The van der Waals surface area contributed by atoms with E-state index in [2.05, 4.69) is 12.3 Å². The molecule has 4 aliphatic rings. The van der Waals surface area contributed by atoms with Crippen LogP contribution in [0.3, 0.4) is 0 Å². The zero-order valence-corrected chi connectivity index (χ0v) is 12.1. The first-order valence-electron chi connectivity index (χ1n) is 8.09. The first-order valence-corrected chi connectivity index (χ1v) is 8.09. The van der Waals surface area contributed by atoms with Gasteiger partial charge in [0.15, 0.2) is 0 Å². The normalized spacial score (nSPS) is 38.4. The van der Waals surface area contributed by atoms with Gasteiger partial charge >= 0.3 is 0 Å². The lowest BCUT2D eigenvalue weighted by Gasteiger charge is -2.57. The minimum absolute atomic E-state index is 0.0870. The van der Waals surface area contributed by atoms with Crippen LogP contribution in [-0.4, -0.2) is 11.1 Å². The van der Waals surface area contributed by atoms with Crippen LogP contribution in [-0.2, 0) is 12.0 Å². The van der Waals surface area contributed by atoms with Gasteiger partial charge in [0, 0.05) is 25.4 Å². The summed E-state index contributed by atoms with van der Waals surface area (Å²) in [4.78, 5) is 11.9. The van der Waals surface area contributed by atoms with E-state index in [0.717, 1.165) is 17.8 Å². The minimum atomic E-state index is 0.0870. The fraction of sp³-hybridized carbons (Fsp3) is 0.706. The SMILES string of the molecule is NCCn1cc(C23CC4CC(CC(C4)C2)C3)ccc1=O. The lowest BCUT2D eigenvalue weighted by atomic mass is 9.48. The third-order valence-electron chi connectivity index (χ3n) is 6.00. The van der Waals surface area contributed by atoms with E-state index in [9.17, 15) is 4.79 Å². The van der Waals surface area contributed by atoms with Gasteiger partial charge in [-0.3, -0.25) is 4.79 Å². The van der Waals surface area contributed by atoms with E-state index in [1.807, 2.05) is 4.57 Å². The van der Waals surface area contributed by atoms with E-state index < -0.39 is 0 Å². The number of aromatic nitrogens is 1. The van der Waals surface area contributed by atoms with Gasteiger partial charge in [-0.15, -0.1) is 0 Å². The number of nitrogens with zero attached hydrogens (tertiary/aromatic N) is 1. The average Bonchev–Trinajstić information content (AvgIpc) is 2.40. The predicted molar refractivity (Wildman–Crippen MR) is 79.6 cm³/mol. The summed E-state index contributed by atoms with van der Waals surface area (Å²) in [7, 11) is 0. The molecule has 4 saturated carbocycles. The molecule has 0 saturated heterocycles. The van der Waals surface area contributed by atoms with Crippen molar-refractivity contribution in [2.24, 2.45) is 23.5 Å². The van der Waals surface area contributed by atoms with Crippen molar-refractivity contribution in [1.82, 2.24) is 4.57 Å². The van der Waals surface area contributed by atoms with Crippen molar-refractivity contribution in [3.63, 3.8) is 0 Å². The maximum absolute atomic E-state index is 11.9. The Hall–Kier alpha value is -1.09. The second-order valence-electron chi connectivity index (χ2n) is 7.44. The Morgan fingerprint density at radius 1 is 1.10 bits per heavy atom. The quantitative estimate of drug-likeness (QED) is 0.917. The molecule has 4 aliphatic carbocycles. The van der Waals surface area contributed by atoms with Gasteiger partial charge in [0.2, 0.25) is 0 Å². The zero-order valence-electron chi connectivity index (χ0n) is 12.1. The summed E-state index contributed by atoms with van der Waals surface area (Å²) < 4.78 is 1.81. The van der Waals surface area contributed by atoms with Gasteiger partial charge in [-0.05, 0) is 67.3 Å². The lowest BCUT2D eigenvalue weighted by molar-refractivity contribution is -0.00550. The molecular weight excluding hydrogens is 248 g/mol. The summed E-state index contributed by atoms with van der Waals surface area (Å²) in [6, 6.07) is 3.85. The summed E-state index contributed by atoms with van der Waals surface area (Å²) in [6.07, 6.45) is 10.5. The number of rotatable bonds is 3. The van der Waals surface area contributed by atoms with Crippen LogP contribution in [0.4, 0.5) is 0 Å². The van der Waals surface area contributed by atoms with Gasteiger partial charge in [0.25, 0.3) is 5.56 Å². The molecule has 1 heterocycles. The Balaban J connectivity index is 1.73. The fourth-order valence-corrected chi connectivity index (χ4v) is 5.62. The zero-order chi connectivity index (χ0) is 13.7. The van der Waals surface area contributed by atoms with Crippen molar-refractivity contribution in [2.45, 2.75) is 50.5 Å². The third kappa shape index (κ3) is 1.86. The van der Waals surface area contributed by atoms with Gasteiger partial charge < -0.3 is 10.3 Å². The first kappa shape index (κ1) is 12.6. The number of hydrogen-bond donors (Lipinski definition) is 1. The monoisotopic (exact) mass is 272 g/mol. The Morgan fingerprint density at radius 2 is 1.70 bits per heavy atom. The largest absolute Gasteiger partial charge is 0.329 e. The molecule has 108 valence electrons. The summed E-state index contributed by atoms with van der Waals surface area (Å²) in [6.45, 7) is 1.17. The molecule has 4 bridgehead atoms.